The molecule has 1 fully saturated rings. The summed E-state index contributed by atoms with van der Waals surface area (Å²) in [5, 5.41) is 0.330. The number of hydrogen-bond donors (Lipinski definition) is 1. The Hall–Kier alpha value is -0.810. The van der Waals surface area contributed by atoms with Crippen LogP contribution >= 0.6 is 24.2 Å². The Kier molecular flexibility index (Phi) is 3.11. The van der Waals surface area contributed by atoms with Crippen molar-refractivity contribution >= 4 is 36.0 Å². The third-order valence-corrected chi connectivity index (χ3v) is 3.06. The van der Waals surface area contributed by atoms with Gasteiger partial charge in [-0.2, -0.15) is 12.6 Å². The normalized spacial score (nSPS) is 21.1. The highest BCUT2D eigenvalue weighted by Gasteiger charge is 2.30. The van der Waals surface area contributed by atoms with Crippen molar-refractivity contribution in [3.63, 3.8) is 0 Å². The van der Waals surface area contributed by atoms with Gasteiger partial charge in [-0.05, 0) is 11.7 Å². The number of thiol groups is 1. The topological polar surface area (TPSA) is 46.1 Å². The summed E-state index contributed by atoms with van der Waals surface area (Å²) in [6.45, 7) is 0.665. The highest BCUT2D eigenvalue weighted by molar-refractivity contribution is 7.80. The number of rotatable bonds is 2. The van der Waals surface area contributed by atoms with Crippen LogP contribution < -0.4 is 4.90 Å². The highest BCUT2D eigenvalue weighted by Crippen LogP contribution is 2.23. The number of hydrogen-bond acceptors (Lipinski definition) is 4. The van der Waals surface area contributed by atoms with Crippen LogP contribution in [0.4, 0.5) is 5.82 Å². The lowest BCUT2D eigenvalue weighted by molar-refractivity contribution is -0.117. The van der Waals surface area contributed by atoms with Crippen LogP contribution in [0, 0.1) is 5.92 Å². The minimum Gasteiger partial charge on any atom is -0.295 e. The fourth-order valence-corrected chi connectivity index (χ4v) is 1.91. The van der Waals surface area contributed by atoms with Crippen molar-refractivity contribution in [3.05, 3.63) is 17.5 Å². The van der Waals surface area contributed by atoms with Crippen LogP contribution in [0.1, 0.15) is 6.42 Å². The van der Waals surface area contributed by atoms with Crippen LogP contribution in [0.5, 0.6) is 0 Å². The van der Waals surface area contributed by atoms with Crippen molar-refractivity contribution in [2.45, 2.75) is 6.42 Å². The average Bonchev–Trinajstić information content (AvgIpc) is 2.61. The van der Waals surface area contributed by atoms with Crippen molar-refractivity contribution in [1.29, 1.82) is 0 Å². The van der Waals surface area contributed by atoms with Crippen molar-refractivity contribution in [2.75, 3.05) is 17.2 Å². The fraction of sp³-hybridized carbons (Fsp3) is 0.444. The van der Waals surface area contributed by atoms with Gasteiger partial charge in [-0.25, -0.2) is 9.97 Å². The molecule has 0 saturated carbocycles. The molecule has 2 rings (SSSR count). The molecule has 1 aromatic heterocycles. The van der Waals surface area contributed by atoms with Crippen molar-refractivity contribution in [1.82, 2.24) is 9.97 Å². The van der Waals surface area contributed by atoms with Gasteiger partial charge < -0.3 is 0 Å². The minimum absolute atomic E-state index is 0.0747. The predicted octanol–water partition coefficient (Wildman–Crippen LogP) is 1.41. The van der Waals surface area contributed by atoms with Gasteiger partial charge >= 0.3 is 0 Å². The number of amides is 1. The molecule has 1 amide bonds. The molecule has 4 nitrogen and oxygen atoms in total. The molecule has 2 heterocycles. The van der Waals surface area contributed by atoms with Crippen molar-refractivity contribution in [3.8, 4) is 0 Å². The van der Waals surface area contributed by atoms with E-state index in [4.69, 9.17) is 11.6 Å². The van der Waals surface area contributed by atoms with Crippen LogP contribution in [-0.2, 0) is 4.79 Å². The fourth-order valence-electron chi connectivity index (χ4n) is 1.57. The van der Waals surface area contributed by atoms with Gasteiger partial charge in [-0.1, -0.05) is 11.6 Å². The Labute approximate surface area is 98.1 Å². The van der Waals surface area contributed by atoms with E-state index in [0.29, 0.717) is 35.6 Å². The maximum atomic E-state index is 11.6. The van der Waals surface area contributed by atoms with Gasteiger partial charge in [-0.15, -0.1) is 0 Å². The number of halogens is 1. The number of aromatic nitrogens is 2. The highest BCUT2D eigenvalue weighted by atomic mass is 35.5. The largest absolute Gasteiger partial charge is 0.295 e. The summed E-state index contributed by atoms with van der Waals surface area (Å²) in [7, 11) is 0. The van der Waals surface area contributed by atoms with Gasteiger partial charge in [0.05, 0.1) is 12.4 Å². The SMILES string of the molecule is O=C1CC(CS)CN1c1cnc(Cl)cn1. The predicted molar refractivity (Wildman–Crippen MR) is 61.4 cm³/mol. The molecule has 1 aromatic rings. The molecule has 1 aliphatic heterocycles. The third kappa shape index (κ3) is 2.23. The molecule has 0 aromatic carbocycles. The summed E-state index contributed by atoms with van der Waals surface area (Å²) >= 11 is 9.81. The second-order valence-corrected chi connectivity index (χ2v) is 4.21. The second-order valence-electron chi connectivity index (χ2n) is 3.45. The zero-order chi connectivity index (χ0) is 10.8. The molecule has 80 valence electrons. The zero-order valence-corrected chi connectivity index (χ0v) is 9.58. The van der Waals surface area contributed by atoms with Crippen LogP contribution in [-0.4, -0.2) is 28.2 Å². The van der Waals surface area contributed by atoms with E-state index < -0.39 is 0 Å². The third-order valence-electron chi connectivity index (χ3n) is 2.35. The summed E-state index contributed by atoms with van der Waals surface area (Å²) in [5.74, 6) is 1.65. The van der Waals surface area contributed by atoms with Crippen LogP contribution in [0.15, 0.2) is 12.4 Å². The van der Waals surface area contributed by atoms with Crippen molar-refractivity contribution < 1.29 is 4.79 Å². The number of anilines is 1. The monoisotopic (exact) mass is 243 g/mol. The lowest BCUT2D eigenvalue weighted by Crippen LogP contribution is -2.25. The van der Waals surface area contributed by atoms with E-state index in [1.165, 1.54) is 12.4 Å². The Morgan fingerprint density at radius 3 is 2.87 bits per heavy atom. The van der Waals surface area contributed by atoms with Crippen LogP contribution in [0.2, 0.25) is 5.15 Å². The first-order valence-corrected chi connectivity index (χ1v) is 5.60. The Bertz CT molecular complexity index is 370. The van der Waals surface area contributed by atoms with E-state index in [0.717, 1.165) is 0 Å². The maximum absolute atomic E-state index is 11.6. The summed E-state index contributed by atoms with van der Waals surface area (Å²) in [5.41, 5.74) is 0. The molecule has 0 spiro atoms. The van der Waals surface area contributed by atoms with Crippen molar-refractivity contribution in [2.24, 2.45) is 5.92 Å². The van der Waals surface area contributed by atoms with Gasteiger partial charge in [-0.3, -0.25) is 9.69 Å². The van der Waals surface area contributed by atoms with Crippen LogP contribution in [0.3, 0.4) is 0 Å². The first kappa shape index (κ1) is 10.7. The van der Waals surface area contributed by atoms with E-state index in [-0.39, 0.29) is 5.91 Å². The Balaban J connectivity index is 2.18. The first-order valence-electron chi connectivity index (χ1n) is 4.59. The standard InChI is InChI=1S/C9H10ClN3OS/c10-7-2-12-8(3-11-7)13-4-6(5-15)1-9(13)14/h2-3,6,15H,1,4-5H2. The van der Waals surface area contributed by atoms with E-state index in [1.54, 1.807) is 4.90 Å². The van der Waals surface area contributed by atoms with Gasteiger partial charge in [0.25, 0.3) is 0 Å². The summed E-state index contributed by atoms with van der Waals surface area (Å²) in [4.78, 5) is 21.2. The number of carbonyl (C=O) groups is 1. The van der Waals surface area contributed by atoms with Gasteiger partial charge in [0.1, 0.15) is 5.15 Å². The number of nitrogens with zero attached hydrogens (tertiary/aromatic N) is 3. The number of carbonyl (C=O) groups excluding carboxylic acids is 1. The van der Waals surface area contributed by atoms with E-state index in [9.17, 15) is 4.79 Å². The summed E-state index contributed by atoms with van der Waals surface area (Å²) in [6, 6.07) is 0. The zero-order valence-electron chi connectivity index (χ0n) is 7.93. The lowest BCUT2D eigenvalue weighted by Gasteiger charge is -2.14. The Morgan fingerprint density at radius 2 is 2.33 bits per heavy atom. The molecule has 0 bridgehead atoms. The van der Waals surface area contributed by atoms with Gasteiger partial charge in [0, 0.05) is 13.0 Å². The average molecular weight is 244 g/mol. The molecule has 1 unspecified atom stereocenters. The molecule has 6 heteroatoms. The summed E-state index contributed by atoms with van der Waals surface area (Å²) < 4.78 is 0. The second kappa shape index (κ2) is 4.37. The molecule has 0 radical (unpaired) electrons. The molecular formula is C9H10ClN3OS. The minimum atomic E-state index is 0.0747. The molecule has 15 heavy (non-hydrogen) atoms. The molecule has 0 N–H and O–H groups in total. The quantitative estimate of drug-likeness (QED) is 0.799. The Morgan fingerprint density at radius 1 is 1.53 bits per heavy atom. The van der Waals surface area contributed by atoms with E-state index >= 15 is 0 Å². The summed E-state index contributed by atoms with van der Waals surface area (Å²) in [6.07, 6.45) is 3.49. The van der Waals surface area contributed by atoms with E-state index in [2.05, 4.69) is 22.6 Å². The van der Waals surface area contributed by atoms with Gasteiger partial charge in [0.15, 0.2) is 5.82 Å². The molecule has 0 aliphatic carbocycles. The maximum Gasteiger partial charge on any atom is 0.228 e. The van der Waals surface area contributed by atoms with Gasteiger partial charge in [0.2, 0.25) is 5.91 Å². The smallest absolute Gasteiger partial charge is 0.228 e. The first-order chi connectivity index (χ1) is 7.20. The molecule has 1 aliphatic rings. The molecular weight excluding hydrogens is 234 g/mol. The lowest BCUT2D eigenvalue weighted by atomic mass is 10.1. The van der Waals surface area contributed by atoms with E-state index in [1.807, 2.05) is 0 Å². The molecule has 1 atom stereocenters. The van der Waals surface area contributed by atoms with Crippen LogP contribution in [0.25, 0.3) is 0 Å². The molecule has 1 saturated heterocycles.